The van der Waals surface area contributed by atoms with Gasteiger partial charge in [0.25, 0.3) is 0 Å². The van der Waals surface area contributed by atoms with E-state index in [1.54, 1.807) is 0 Å². The van der Waals surface area contributed by atoms with E-state index in [9.17, 15) is 0 Å². The zero-order chi connectivity index (χ0) is 13.7. The molecule has 0 aromatic heterocycles. The molecule has 1 atom stereocenters. The SMILES string of the molecule is CCN1CCC(N(C)CC2(CC)CCCNC2)CC1. The molecule has 0 amide bonds. The Bertz CT molecular complexity index is 253. The molecule has 1 N–H and O–H groups in total. The predicted molar refractivity (Wildman–Crippen MR) is 82.6 cm³/mol. The molecule has 3 heteroatoms. The molecule has 0 aromatic carbocycles. The van der Waals surface area contributed by atoms with Crippen molar-refractivity contribution in [2.75, 3.05) is 46.3 Å². The van der Waals surface area contributed by atoms with Crippen LogP contribution in [0.3, 0.4) is 0 Å². The van der Waals surface area contributed by atoms with Gasteiger partial charge in [-0.1, -0.05) is 13.8 Å². The molecule has 19 heavy (non-hydrogen) atoms. The number of rotatable bonds is 5. The van der Waals surface area contributed by atoms with Crippen molar-refractivity contribution in [2.24, 2.45) is 5.41 Å². The quantitative estimate of drug-likeness (QED) is 0.824. The van der Waals surface area contributed by atoms with Gasteiger partial charge in [-0.2, -0.15) is 0 Å². The first kappa shape index (κ1) is 15.3. The third-order valence-electron chi connectivity index (χ3n) is 5.52. The van der Waals surface area contributed by atoms with Crippen LogP contribution in [0.1, 0.15) is 46.0 Å². The van der Waals surface area contributed by atoms with E-state index in [4.69, 9.17) is 0 Å². The van der Waals surface area contributed by atoms with Crippen molar-refractivity contribution in [1.82, 2.24) is 15.1 Å². The van der Waals surface area contributed by atoms with Crippen LogP contribution in [0.15, 0.2) is 0 Å². The highest BCUT2D eigenvalue weighted by Crippen LogP contribution is 2.32. The summed E-state index contributed by atoms with van der Waals surface area (Å²) in [5.41, 5.74) is 0.537. The van der Waals surface area contributed by atoms with Crippen LogP contribution < -0.4 is 5.32 Å². The topological polar surface area (TPSA) is 18.5 Å². The van der Waals surface area contributed by atoms with Crippen molar-refractivity contribution in [2.45, 2.75) is 52.0 Å². The van der Waals surface area contributed by atoms with Crippen molar-refractivity contribution in [3.05, 3.63) is 0 Å². The van der Waals surface area contributed by atoms with Gasteiger partial charge in [-0.15, -0.1) is 0 Å². The fourth-order valence-electron chi connectivity index (χ4n) is 3.91. The van der Waals surface area contributed by atoms with E-state index in [-0.39, 0.29) is 0 Å². The first-order valence-corrected chi connectivity index (χ1v) is 8.32. The van der Waals surface area contributed by atoms with Crippen LogP contribution in [0, 0.1) is 5.41 Å². The summed E-state index contributed by atoms with van der Waals surface area (Å²) in [6.07, 6.45) is 6.80. The van der Waals surface area contributed by atoms with E-state index in [0.29, 0.717) is 5.41 Å². The minimum absolute atomic E-state index is 0.537. The maximum Gasteiger partial charge on any atom is 0.0117 e. The van der Waals surface area contributed by atoms with Crippen molar-refractivity contribution in [1.29, 1.82) is 0 Å². The van der Waals surface area contributed by atoms with E-state index in [1.165, 1.54) is 71.4 Å². The van der Waals surface area contributed by atoms with Gasteiger partial charge in [-0.25, -0.2) is 0 Å². The molecule has 2 heterocycles. The Morgan fingerprint density at radius 2 is 2.00 bits per heavy atom. The third-order valence-corrected chi connectivity index (χ3v) is 5.52. The Morgan fingerprint density at radius 3 is 2.53 bits per heavy atom. The predicted octanol–water partition coefficient (Wildman–Crippen LogP) is 2.18. The van der Waals surface area contributed by atoms with Gasteiger partial charge in [0.1, 0.15) is 0 Å². The Kier molecular flexibility index (Phi) is 5.67. The molecule has 2 fully saturated rings. The van der Waals surface area contributed by atoms with Crippen molar-refractivity contribution in [3.8, 4) is 0 Å². The molecule has 0 aliphatic carbocycles. The van der Waals surface area contributed by atoms with Crippen LogP contribution in [-0.4, -0.2) is 62.2 Å². The minimum atomic E-state index is 0.537. The summed E-state index contributed by atoms with van der Waals surface area (Å²) in [6.45, 7) is 12.2. The highest BCUT2D eigenvalue weighted by atomic mass is 15.2. The fraction of sp³-hybridized carbons (Fsp3) is 1.00. The molecule has 0 spiro atoms. The molecule has 2 aliphatic heterocycles. The molecule has 0 saturated carbocycles. The molecule has 0 radical (unpaired) electrons. The Morgan fingerprint density at radius 1 is 1.26 bits per heavy atom. The number of hydrogen-bond acceptors (Lipinski definition) is 3. The van der Waals surface area contributed by atoms with E-state index in [0.717, 1.165) is 6.04 Å². The van der Waals surface area contributed by atoms with E-state index in [2.05, 4.69) is 36.0 Å². The highest BCUT2D eigenvalue weighted by Gasteiger charge is 2.33. The monoisotopic (exact) mass is 267 g/mol. The Balaban J connectivity index is 1.84. The number of nitrogens with one attached hydrogen (secondary N) is 1. The standard InChI is InChI=1S/C16H33N3/c1-4-16(9-6-10-17-13-16)14-18(3)15-7-11-19(5-2)12-8-15/h15,17H,4-14H2,1-3H3. The lowest BCUT2D eigenvalue weighted by molar-refractivity contribution is 0.0697. The molecule has 0 bridgehead atoms. The van der Waals surface area contributed by atoms with Crippen LogP contribution in [0.4, 0.5) is 0 Å². The molecule has 2 rings (SSSR count). The second-order valence-electron chi connectivity index (χ2n) is 6.71. The van der Waals surface area contributed by atoms with Crippen LogP contribution in [-0.2, 0) is 0 Å². The number of hydrogen-bond donors (Lipinski definition) is 1. The average Bonchev–Trinajstić information content (AvgIpc) is 2.48. The van der Waals surface area contributed by atoms with Gasteiger partial charge in [0, 0.05) is 19.1 Å². The Hall–Kier alpha value is -0.120. The van der Waals surface area contributed by atoms with Crippen molar-refractivity contribution in [3.63, 3.8) is 0 Å². The van der Waals surface area contributed by atoms with Crippen molar-refractivity contribution >= 4 is 0 Å². The summed E-state index contributed by atoms with van der Waals surface area (Å²) < 4.78 is 0. The zero-order valence-electron chi connectivity index (χ0n) is 13.2. The molecular weight excluding hydrogens is 234 g/mol. The van der Waals surface area contributed by atoms with Crippen LogP contribution in [0.5, 0.6) is 0 Å². The van der Waals surface area contributed by atoms with Crippen molar-refractivity contribution < 1.29 is 0 Å². The average molecular weight is 267 g/mol. The number of nitrogens with zero attached hydrogens (tertiary/aromatic N) is 2. The first-order valence-electron chi connectivity index (χ1n) is 8.32. The zero-order valence-corrected chi connectivity index (χ0v) is 13.2. The highest BCUT2D eigenvalue weighted by molar-refractivity contribution is 4.89. The second-order valence-corrected chi connectivity index (χ2v) is 6.71. The normalized spacial score (nSPS) is 30.9. The van der Waals surface area contributed by atoms with Gasteiger partial charge in [0.2, 0.25) is 0 Å². The van der Waals surface area contributed by atoms with Crippen LogP contribution in [0.2, 0.25) is 0 Å². The van der Waals surface area contributed by atoms with E-state index >= 15 is 0 Å². The summed E-state index contributed by atoms with van der Waals surface area (Å²) in [7, 11) is 2.36. The fourth-order valence-corrected chi connectivity index (χ4v) is 3.91. The van der Waals surface area contributed by atoms with Gasteiger partial charge in [-0.3, -0.25) is 0 Å². The smallest absolute Gasteiger partial charge is 0.0117 e. The summed E-state index contributed by atoms with van der Waals surface area (Å²) in [5.74, 6) is 0. The molecular formula is C16H33N3. The van der Waals surface area contributed by atoms with Gasteiger partial charge < -0.3 is 15.1 Å². The largest absolute Gasteiger partial charge is 0.316 e. The molecule has 0 aromatic rings. The maximum atomic E-state index is 3.62. The summed E-state index contributed by atoms with van der Waals surface area (Å²) in [6, 6.07) is 0.813. The molecule has 112 valence electrons. The van der Waals surface area contributed by atoms with Crippen LogP contribution in [0.25, 0.3) is 0 Å². The Labute approximate surface area is 119 Å². The van der Waals surface area contributed by atoms with Crippen LogP contribution >= 0.6 is 0 Å². The van der Waals surface area contributed by atoms with E-state index < -0.39 is 0 Å². The van der Waals surface area contributed by atoms with E-state index in [1.807, 2.05) is 0 Å². The van der Waals surface area contributed by atoms with Gasteiger partial charge in [0.15, 0.2) is 0 Å². The summed E-state index contributed by atoms with van der Waals surface area (Å²) in [5, 5.41) is 3.62. The summed E-state index contributed by atoms with van der Waals surface area (Å²) >= 11 is 0. The molecule has 2 saturated heterocycles. The lowest BCUT2D eigenvalue weighted by atomic mass is 9.77. The number of likely N-dealkylation sites (tertiary alicyclic amines) is 1. The molecule has 3 nitrogen and oxygen atoms in total. The maximum absolute atomic E-state index is 3.62. The molecule has 1 unspecified atom stereocenters. The summed E-state index contributed by atoms with van der Waals surface area (Å²) in [4.78, 5) is 5.26. The third kappa shape index (κ3) is 3.93. The number of piperidine rings is 2. The minimum Gasteiger partial charge on any atom is -0.316 e. The van der Waals surface area contributed by atoms with Gasteiger partial charge >= 0.3 is 0 Å². The lowest BCUT2D eigenvalue weighted by Crippen LogP contribution is -2.51. The lowest BCUT2D eigenvalue weighted by Gasteiger charge is -2.44. The molecule has 2 aliphatic rings. The first-order chi connectivity index (χ1) is 9.19. The van der Waals surface area contributed by atoms with Gasteiger partial charge in [-0.05, 0) is 70.7 Å². The van der Waals surface area contributed by atoms with Gasteiger partial charge in [0.05, 0.1) is 0 Å². The second kappa shape index (κ2) is 7.05.